The number of rotatable bonds is 9. The molecule has 3 aromatic rings. The van der Waals surface area contributed by atoms with Crippen LogP contribution in [0.1, 0.15) is 30.5 Å². The highest BCUT2D eigenvalue weighted by atomic mass is 32.2. The number of carbonyl (C=O) groups excluding carboxylic acids is 1. The van der Waals surface area contributed by atoms with Crippen LogP contribution in [0.4, 0.5) is 5.69 Å². The van der Waals surface area contributed by atoms with Crippen LogP contribution in [0.2, 0.25) is 0 Å². The molecule has 0 fully saturated rings. The van der Waals surface area contributed by atoms with Gasteiger partial charge in [0.25, 0.3) is 10.0 Å². The quantitative estimate of drug-likeness (QED) is 0.408. The van der Waals surface area contributed by atoms with Gasteiger partial charge in [0.2, 0.25) is 5.91 Å². The Kier molecular flexibility index (Phi) is 9.44. The summed E-state index contributed by atoms with van der Waals surface area (Å²) in [5, 5.41) is 9.88. The molecule has 0 saturated heterocycles. The molecule has 1 amide bonds. The van der Waals surface area contributed by atoms with E-state index in [2.05, 4.69) is 14.6 Å². The third-order valence-corrected chi connectivity index (χ3v) is 8.59. The average Bonchev–Trinajstić information content (AvgIpc) is 2.96. The SMILES string of the molecule is Cc1ccc(S(=O)(=O)Nc2ccc3c(c2)CC(=O)N([C@@H](C)CO)C[C@H](C)[C@@H](CN(C)Cc2ccncc2)O3)cc1. The Labute approximate surface area is 236 Å². The Hall–Kier alpha value is -3.47. The number of hydrogen-bond acceptors (Lipinski definition) is 7. The van der Waals surface area contributed by atoms with Crippen LogP contribution in [0, 0.1) is 12.8 Å². The summed E-state index contributed by atoms with van der Waals surface area (Å²) in [6.45, 7) is 7.33. The zero-order valence-corrected chi connectivity index (χ0v) is 24.3. The van der Waals surface area contributed by atoms with Gasteiger partial charge in [-0.3, -0.25) is 19.4 Å². The number of nitrogens with zero attached hydrogens (tertiary/aromatic N) is 3. The predicted octanol–water partition coefficient (Wildman–Crippen LogP) is 3.47. The lowest BCUT2D eigenvalue weighted by molar-refractivity contribution is -0.134. The molecule has 3 atom stereocenters. The van der Waals surface area contributed by atoms with E-state index in [1.807, 2.05) is 40.0 Å². The molecule has 0 saturated carbocycles. The Bertz CT molecular complexity index is 1400. The molecule has 1 aromatic heterocycles. The summed E-state index contributed by atoms with van der Waals surface area (Å²) in [6.07, 6.45) is 3.29. The summed E-state index contributed by atoms with van der Waals surface area (Å²) in [4.78, 5) is 21.6. The van der Waals surface area contributed by atoms with Gasteiger partial charge in [-0.2, -0.15) is 0 Å². The highest BCUT2D eigenvalue weighted by Gasteiger charge is 2.31. The highest BCUT2D eigenvalue weighted by Crippen LogP contribution is 2.30. The summed E-state index contributed by atoms with van der Waals surface area (Å²) in [5.41, 5.74) is 3.02. The fourth-order valence-corrected chi connectivity index (χ4v) is 5.86. The van der Waals surface area contributed by atoms with Crippen LogP contribution in [0.25, 0.3) is 0 Å². The van der Waals surface area contributed by atoms with Gasteiger partial charge in [-0.05, 0) is 68.9 Å². The number of nitrogens with one attached hydrogen (secondary N) is 1. The summed E-state index contributed by atoms with van der Waals surface area (Å²) >= 11 is 0. The molecule has 0 bridgehead atoms. The number of likely N-dealkylation sites (N-methyl/N-ethyl adjacent to an activating group) is 1. The van der Waals surface area contributed by atoms with E-state index in [0.717, 1.165) is 11.1 Å². The number of amides is 1. The average molecular weight is 567 g/mol. The van der Waals surface area contributed by atoms with Crippen molar-refractivity contribution in [2.24, 2.45) is 5.92 Å². The van der Waals surface area contributed by atoms with Crippen LogP contribution in [-0.2, 0) is 27.8 Å². The molecule has 2 aromatic carbocycles. The molecule has 0 spiro atoms. The lowest BCUT2D eigenvalue weighted by Crippen LogP contribution is -2.47. The van der Waals surface area contributed by atoms with Crippen molar-refractivity contribution in [3.8, 4) is 5.75 Å². The number of aromatic nitrogens is 1. The van der Waals surface area contributed by atoms with E-state index in [9.17, 15) is 18.3 Å². The molecule has 4 rings (SSSR count). The smallest absolute Gasteiger partial charge is 0.261 e. The van der Waals surface area contributed by atoms with Crippen molar-refractivity contribution in [3.05, 3.63) is 83.7 Å². The van der Waals surface area contributed by atoms with Crippen LogP contribution in [0.15, 0.2) is 71.9 Å². The van der Waals surface area contributed by atoms with E-state index in [-0.39, 0.29) is 41.9 Å². The van der Waals surface area contributed by atoms with Crippen molar-refractivity contribution in [1.29, 1.82) is 0 Å². The Balaban J connectivity index is 1.63. The summed E-state index contributed by atoms with van der Waals surface area (Å²) in [6, 6.07) is 15.2. The van der Waals surface area contributed by atoms with Gasteiger partial charge in [0.05, 0.1) is 24.0 Å². The Morgan fingerprint density at radius 1 is 1.15 bits per heavy atom. The Morgan fingerprint density at radius 3 is 2.52 bits per heavy atom. The monoisotopic (exact) mass is 566 g/mol. The van der Waals surface area contributed by atoms with E-state index in [1.54, 1.807) is 59.8 Å². The molecule has 10 heteroatoms. The number of carbonyl (C=O) groups is 1. The molecule has 40 heavy (non-hydrogen) atoms. The predicted molar refractivity (Wildman–Crippen MR) is 155 cm³/mol. The number of fused-ring (bicyclic) bond motifs is 1. The maximum absolute atomic E-state index is 13.5. The molecule has 9 nitrogen and oxygen atoms in total. The fraction of sp³-hybridized carbons (Fsp3) is 0.400. The lowest BCUT2D eigenvalue weighted by Gasteiger charge is -2.34. The van der Waals surface area contributed by atoms with Gasteiger partial charge in [-0.15, -0.1) is 0 Å². The van der Waals surface area contributed by atoms with Crippen molar-refractivity contribution in [2.45, 2.75) is 50.8 Å². The topological polar surface area (TPSA) is 112 Å². The van der Waals surface area contributed by atoms with Crippen molar-refractivity contribution in [3.63, 3.8) is 0 Å². The minimum absolute atomic E-state index is 0.0199. The number of aliphatic hydroxyl groups excluding tert-OH is 1. The van der Waals surface area contributed by atoms with Gasteiger partial charge in [0, 0.05) is 49.2 Å². The summed E-state index contributed by atoms with van der Waals surface area (Å²) in [7, 11) is -1.80. The number of pyridine rings is 1. The zero-order valence-electron chi connectivity index (χ0n) is 23.4. The second kappa shape index (κ2) is 12.8. The van der Waals surface area contributed by atoms with Crippen LogP contribution in [0.5, 0.6) is 5.75 Å². The first-order valence-electron chi connectivity index (χ1n) is 13.4. The van der Waals surface area contributed by atoms with Gasteiger partial charge in [-0.25, -0.2) is 8.42 Å². The normalized spacial score (nSPS) is 18.8. The van der Waals surface area contributed by atoms with Gasteiger partial charge in [-0.1, -0.05) is 24.6 Å². The summed E-state index contributed by atoms with van der Waals surface area (Å²) in [5.74, 6) is 0.352. The first-order chi connectivity index (χ1) is 19.1. The lowest BCUT2D eigenvalue weighted by atomic mass is 10.0. The second-order valence-corrected chi connectivity index (χ2v) is 12.4. The van der Waals surface area contributed by atoms with Gasteiger partial charge >= 0.3 is 0 Å². The number of hydrogen-bond donors (Lipinski definition) is 2. The van der Waals surface area contributed by atoms with Crippen LogP contribution in [0.3, 0.4) is 0 Å². The number of ether oxygens (including phenoxy) is 1. The molecule has 1 aliphatic heterocycles. The van der Waals surface area contributed by atoms with Crippen LogP contribution in [-0.4, -0.2) is 73.1 Å². The molecule has 2 heterocycles. The second-order valence-electron chi connectivity index (χ2n) is 10.7. The van der Waals surface area contributed by atoms with E-state index >= 15 is 0 Å². The molecule has 0 radical (unpaired) electrons. The number of sulfonamides is 1. The number of benzene rings is 2. The minimum Gasteiger partial charge on any atom is -0.488 e. The summed E-state index contributed by atoms with van der Waals surface area (Å²) < 4.78 is 35.2. The fourth-order valence-electron chi connectivity index (χ4n) is 4.81. The molecular formula is C30H38N4O5S. The molecule has 0 aliphatic carbocycles. The van der Waals surface area contributed by atoms with Crippen molar-refractivity contribution >= 4 is 21.6 Å². The number of aliphatic hydroxyl groups is 1. The largest absolute Gasteiger partial charge is 0.488 e. The molecule has 214 valence electrons. The van der Waals surface area contributed by atoms with Gasteiger partial charge < -0.3 is 14.7 Å². The third kappa shape index (κ3) is 7.38. The standard InChI is InChI=1S/C30H38N4O5S/c1-21-5-8-27(9-6-21)40(37,38)32-26-7-10-28-25(15-26)16-30(36)34(23(3)20-35)17-22(2)29(39-28)19-33(4)18-24-11-13-31-14-12-24/h5-15,22-23,29,32,35H,16-20H2,1-4H3/t22-,23-,29+/m0/s1. The number of aryl methyl sites for hydroxylation is 1. The van der Waals surface area contributed by atoms with Crippen LogP contribution >= 0.6 is 0 Å². The van der Waals surface area contributed by atoms with E-state index in [4.69, 9.17) is 4.74 Å². The molecule has 1 aliphatic rings. The molecular weight excluding hydrogens is 528 g/mol. The van der Waals surface area contributed by atoms with Gasteiger partial charge in [0.1, 0.15) is 11.9 Å². The number of anilines is 1. The van der Waals surface area contributed by atoms with Crippen molar-refractivity contribution in [1.82, 2.24) is 14.8 Å². The molecule has 2 N–H and O–H groups in total. The van der Waals surface area contributed by atoms with E-state index in [0.29, 0.717) is 36.6 Å². The Morgan fingerprint density at radius 2 is 1.85 bits per heavy atom. The zero-order chi connectivity index (χ0) is 28.9. The highest BCUT2D eigenvalue weighted by molar-refractivity contribution is 7.92. The maximum Gasteiger partial charge on any atom is 0.261 e. The molecule has 0 unspecified atom stereocenters. The minimum atomic E-state index is -3.82. The first kappa shape index (κ1) is 29.5. The van der Waals surface area contributed by atoms with Crippen LogP contribution < -0.4 is 9.46 Å². The first-order valence-corrected chi connectivity index (χ1v) is 14.9. The van der Waals surface area contributed by atoms with E-state index in [1.165, 1.54) is 0 Å². The maximum atomic E-state index is 13.5. The van der Waals surface area contributed by atoms with Crippen molar-refractivity contribution in [2.75, 3.05) is 31.5 Å². The van der Waals surface area contributed by atoms with Crippen molar-refractivity contribution < 1.29 is 23.1 Å². The van der Waals surface area contributed by atoms with Gasteiger partial charge in [0.15, 0.2) is 0 Å². The van der Waals surface area contributed by atoms with E-state index < -0.39 is 10.0 Å². The third-order valence-electron chi connectivity index (χ3n) is 7.19.